The predicted molar refractivity (Wildman–Crippen MR) is 73.1 cm³/mol. The van der Waals surface area contributed by atoms with Crippen molar-refractivity contribution < 1.29 is 9.18 Å². The van der Waals surface area contributed by atoms with Crippen LogP contribution in [0.3, 0.4) is 0 Å². The zero-order chi connectivity index (χ0) is 13.8. The highest BCUT2D eigenvalue weighted by Crippen LogP contribution is 2.25. The lowest BCUT2D eigenvalue weighted by Crippen LogP contribution is -2.15. The van der Waals surface area contributed by atoms with E-state index in [2.05, 4.69) is 15.6 Å². The van der Waals surface area contributed by atoms with Crippen LogP contribution in [0.2, 0.25) is 5.02 Å². The van der Waals surface area contributed by atoms with Crippen molar-refractivity contribution in [2.24, 2.45) is 0 Å². The van der Waals surface area contributed by atoms with E-state index in [-0.39, 0.29) is 10.7 Å². The maximum Gasteiger partial charge on any atom is 0.259 e. The van der Waals surface area contributed by atoms with E-state index in [1.807, 2.05) is 0 Å². The molecular formula is C13H11ClFN3O. The fourth-order valence-corrected chi connectivity index (χ4v) is 1.80. The molecule has 2 rings (SSSR count). The largest absolute Gasteiger partial charge is 0.372 e. The summed E-state index contributed by atoms with van der Waals surface area (Å²) in [7, 11) is 1.65. The molecule has 0 aliphatic carbocycles. The number of para-hydroxylation sites is 1. The third-order valence-corrected chi connectivity index (χ3v) is 2.81. The molecule has 0 saturated heterocycles. The maximum absolute atomic E-state index is 13.6. The van der Waals surface area contributed by atoms with E-state index in [4.69, 9.17) is 11.6 Å². The smallest absolute Gasteiger partial charge is 0.259 e. The van der Waals surface area contributed by atoms with Crippen molar-refractivity contribution in [3.63, 3.8) is 0 Å². The first kappa shape index (κ1) is 13.3. The van der Waals surface area contributed by atoms with E-state index < -0.39 is 11.7 Å². The van der Waals surface area contributed by atoms with E-state index >= 15 is 0 Å². The van der Waals surface area contributed by atoms with Gasteiger partial charge < -0.3 is 10.6 Å². The van der Waals surface area contributed by atoms with Crippen LogP contribution >= 0.6 is 11.6 Å². The number of amides is 1. The minimum atomic E-state index is -0.587. The zero-order valence-electron chi connectivity index (χ0n) is 10.1. The van der Waals surface area contributed by atoms with Crippen molar-refractivity contribution in [3.8, 4) is 0 Å². The van der Waals surface area contributed by atoms with Crippen LogP contribution in [-0.4, -0.2) is 17.9 Å². The van der Waals surface area contributed by atoms with Crippen LogP contribution < -0.4 is 10.6 Å². The molecule has 2 N–H and O–H groups in total. The van der Waals surface area contributed by atoms with Crippen LogP contribution in [0.1, 0.15) is 10.4 Å². The van der Waals surface area contributed by atoms with Crippen molar-refractivity contribution in [2.45, 2.75) is 0 Å². The lowest BCUT2D eigenvalue weighted by Gasteiger charge is -2.10. The number of carbonyl (C=O) groups excluding carboxylic acids is 1. The van der Waals surface area contributed by atoms with Gasteiger partial charge in [-0.25, -0.2) is 9.37 Å². The second-order valence-corrected chi connectivity index (χ2v) is 4.11. The number of hydrogen-bond donors (Lipinski definition) is 2. The van der Waals surface area contributed by atoms with Crippen molar-refractivity contribution in [1.82, 2.24) is 4.98 Å². The van der Waals surface area contributed by atoms with Crippen LogP contribution in [0, 0.1) is 5.82 Å². The second kappa shape index (κ2) is 5.67. The molecule has 1 aromatic heterocycles. The van der Waals surface area contributed by atoms with Gasteiger partial charge in [0.1, 0.15) is 11.6 Å². The Kier molecular flexibility index (Phi) is 3.97. The number of nitrogens with one attached hydrogen (secondary N) is 2. The third kappa shape index (κ3) is 2.82. The van der Waals surface area contributed by atoms with Crippen molar-refractivity contribution in [3.05, 3.63) is 52.9 Å². The van der Waals surface area contributed by atoms with Gasteiger partial charge in [-0.15, -0.1) is 0 Å². The lowest BCUT2D eigenvalue weighted by atomic mass is 10.2. The van der Waals surface area contributed by atoms with Gasteiger partial charge in [0.25, 0.3) is 5.91 Å². The summed E-state index contributed by atoms with van der Waals surface area (Å²) in [6, 6.07) is 7.41. The molecule has 0 unspecified atom stereocenters. The Morgan fingerprint density at radius 1 is 1.32 bits per heavy atom. The number of aromatic nitrogens is 1. The Hall–Kier alpha value is -2.14. The molecule has 0 bridgehead atoms. The zero-order valence-corrected chi connectivity index (χ0v) is 10.8. The quantitative estimate of drug-likeness (QED) is 0.907. The minimum Gasteiger partial charge on any atom is -0.372 e. The topological polar surface area (TPSA) is 54.0 Å². The molecule has 1 heterocycles. The minimum absolute atomic E-state index is 0.0416. The van der Waals surface area contributed by atoms with Crippen molar-refractivity contribution in [2.75, 3.05) is 17.7 Å². The molecule has 1 aromatic carbocycles. The summed E-state index contributed by atoms with van der Waals surface area (Å²) in [5, 5.41) is 5.38. The molecule has 0 spiro atoms. The molecule has 0 radical (unpaired) electrons. The van der Waals surface area contributed by atoms with Crippen molar-refractivity contribution >= 4 is 29.0 Å². The first-order valence-electron chi connectivity index (χ1n) is 5.51. The predicted octanol–water partition coefficient (Wildman–Crippen LogP) is 3.17. The molecule has 2 aromatic rings. The monoisotopic (exact) mass is 279 g/mol. The number of pyridine rings is 1. The number of hydrogen-bond acceptors (Lipinski definition) is 3. The molecule has 4 nitrogen and oxygen atoms in total. The SMILES string of the molecule is CNc1ncccc1C(=O)Nc1c(F)cccc1Cl. The van der Waals surface area contributed by atoms with Gasteiger partial charge in [-0.05, 0) is 24.3 Å². The highest BCUT2D eigenvalue weighted by atomic mass is 35.5. The van der Waals surface area contributed by atoms with Gasteiger partial charge in [0, 0.05) is 13.2 Å². The molecule has 19 heavy (non-hydrogen) atoms. The Morgan fingerprint density at radius 2 is 2.11 bits per heavy atom. The molecule has 98 valence electrons. The highest BCUT2D eigenvalue weighted by Gasteiger charge is 2.15. The van der Waals surface area contributed by atoms with Gasteiger partial charge >= 0.3 is 0 Å². The molecule has 0 aliphatic rings. The highest BCUT2D eigenvalue weighted by molar-refractivity contribution is 6.34. The first-order valence-corrected chi connectivity index (χ1v) is 5.89. The summed E-state index contributed by atoms with van der Waals surface area (Å²) in [4.78, 5) is 16.1. The second-order valence-electron chi connectivity index (χ2n) is 3.70. The maximum atomic E-state index is 13.6. The normalized spacial score (nSPS) is 10.1. The summed E-state index contributed by atoms with van der Waals surface area (Å²) < 4.78 is 13.6. The van der Waals surface area contributed by atoms with Crippen LogP contribution in [-0.2, 0) is 0 Å². The molecule has 0 saturated carbocycles. The van der Waals surface area contributed by atoms with Gasteiger partial charge in [-0.1, -0.05) is 17.7 Å². The van der Waals surface area contributed by atoms with E-state index in [0.717, 1.165) is 0 Å². The third-order valence-electron chi connectivity index (χ3n) is 2.49. The number of carbonyl (C=O) groups is 1. The van der Waals surface area contributed by atoms with Gasteiger partial charge in [0.05, 0.1) is 16.3 Å². The molecule has 0 aliphatic heterocycles. The summed E-state index contributed by atoms with van der Waals surface area (Å²) in [5.74, 6) is -0.660. The molecular weight excluding hydrogens is 269 g/mol. The first-order chi connectivity index (χ1) is 9.13. The summed E-state index contributed by atoms with van der Waals surface area (Å²) in [6.07, 6.45) is 1.55. The Balaban J connectivity index is 2.31. The van der Waals surface area contributed by atoms with Crippen LogP contribution in [0.25, 0.3) is 0 Å². The van der Waals surface area contributed by atoms with E-state index in [1.165, 1.54) is 18.2 Å². The summed E-state index contributed by atoms with van der Waals surface area (Å²) in [5.41, 5.74) is 0.268. The van der Waals surface area contributed by atoms with Crippen LogP contribution in [0.5, 0.6) is 0 Å². The number of rotatable bonds is 3. The molecule has 6 heteroatoms. The average molecular weight is 280 g/mol. The number of nitrogens with zero attached hydrogens (tertiary/aromatic N) is 1. The Bertz CT molecular complexity index is 598. The number of anilines is 2. The van der Waals surface area contributed by atoms with Crippen LogP contribution in [0.4, 0.5) is 15.9 Å². The summed E-state index contributed by atoms with van der Waals surface area (Å²) >= 11 is 5.85. The standard InChI is InChI=1S/C13H11ClFN3O/c1-16-12-8(4-3-7-17-12)13(19)18-11-9(14)5-2-6-10(11)15/h2-7H,1H3,(H,16,17)(H,18,19). The van der Waals surface area contributed by atoms with E-state index in [1.54, 1.807) is 25.4 Å². The Labute approximate surface area is 114 Å². The van der Waals surface area contributed by atoms with E-state index in [0.29, 0.717) is 11.4 Å². The fraction of sp³-hybridized carbons (Fsp3) is 0.0769. The van der Waals surface area contributed by atoms with Gasteiger partial charge in [-0.3, -0.25) is 4.79 Å². The molecule has 1 amide bonds. The molecule has 0 fully saturated rings. The fourth-order valence-electron chi connectivity index (χ4n) is 1.59. The van der Waals surface area contributed by atoms with Crippen molar-refractivity contribution in [1.29, 1.82) is 0 Å². The van der Waals surface area contributed by atoms with Gasteiger partial charge in [-0.2, -0.15) is 0 Å². The summed E-state index contributed by atoms with van der Waals surface area (Å²) in [6.45, 7) is 0. The van der Waals surface area contributed by atoms with E-state index in [9.17, 15) is 9.18 Å². The van der Waals surface area contributed by atoms with Gasteiger partial charge in [0.15, 0.2) is 0 Å². The Morgan fingerprint density at radius 3 is 2.79 bits per heavy atom. The van der Waals surface area contributed by atoms with Crippen LogP contribution in [0.15, 0.2) is 36.5 Å². The average Bonchev–Trinajstić information content (AvgIpc) is 2.42. The van der Waals surface area contributed by atoms with Gasteiger partial charge in [0.2, 0.25) is 0 Å². The molecule has 0 atom stereocenters. The number of halogens is 2. The lowest BCUT2D eigenvalue weighted by molar-refractivity contribution is 0.102. The number of benzene rings is 1.